The van der Waals surface area contributed by atoms with Gasteiger partial charge in [-0.15, -0.1) is 0 Å². The molecule has 3 atom stereocenters. The van der Waals surface area contributed by atoms with Gasteiger partial charge in [0.2, 0.25) is 0 Å². The molecule has 0 saturated heterocycles. The first kappa shape index (κ1) is 7.20. The highest BCUT2D eigenvalue weighted by molar-refractivity contribution is 5.95. The van der Waals surface area contributed by atoms with Crippen molar-refractivity contribution in [1.82, 2.24) is 5.43 Å². The smallest absolute Gasteiger partial charge is 0.272 e. The van der Waals surface area contributed by atoms with Crippen LogP contribution in [0.25, 0.3) is 0 Å². The minimum atomic E-state index is -0.00456. The third-order valence-corrected chi connectivity index (χ3v) is 2.46. The average molecular weight is 168 g/mol. The second-order valence-electron chi connectivity index (χ2n) is 3.12. The van der Waals surface area contributed by atoms with Gasteiger partial charge in [0, 0.05) is 5.22 Å². The first-order valence-electron chi connectivity index (χ1n) is 3.79. The van der Waals surface area contributed by atoms with Gasteiger partial charge in [-0.25, -0.2) is 5.84 Å². The minimum Gasteiger partial charge on any atom is -0.272 e. The number of nitrogens with zero attached hydrogens (tertiary/aromatic N) is 2. The zero-order chi connectivity index (χ0) is 8.72. The van der Waals surface area contributed by atoms with Gasteiger partial charge < -0.3 is 0 Å². The molecule has 0 bridgehead atoms. The van der Waals surface area contributed by atoms with Gasteiger partial charge in [-0.05, 0) is 11.0 Å². The summed E-state index contributed by atoms with van der Waals surface area (Å²) >= 11 is 0. The summed E-state index contributed by atoms with van der Waals surface area (Å²) in [5.74, 6) is 6.19. The summed E-state index contributed by atoms with van der Waals surface area (Å²) in [6, 6.07) is 0. The SMILES string of the molecule is CC1C2C(=O)NN=C([NH+]=NN)[C@H]12. The molecule has 1 amide bonds. The Bertz CT molecular complexity index is 284. The van der Waals surface area contributed by atoms with Crippen LogP contribution in [0.15, 0.2) is 10.3 Å². The van der Waals surface area contributed by atoms with E-state index in [0.717, 1.165) is 0 Å². The van der Waals surface area contributed by atoms with Crippen LogP contribution < -0.4 is 16.4 Å². The monoisotopic (exact) mass is 168 g/mol. The number of hydrazone groups is 1. The van der Waals surface area contributed by atoms with Gasteiger partial charge in [0.15, 0.2) is 0 Å². The van der Waals surface area contributed by atoms with E-state index < -0.39 is 0 Å². The maximum absolute atomic E-state index is 11.1. The second kappa shape index (κ2) is 2.26. The molecular formula is C6H10N5O+. The Kier molecular flexibility index (Phi) is 1.36. The van der Waals surface area contributed by atoms with Gasteiger partial charge in [0.1, 0.15) is 0 Å². The Morgan fingerprint density at radius 1 is 1.67 bits per heavy atom. The molecule has 0 spiro atoms. The molecule has 1 heterocycles. The van der Waals surface area contributed by atoms with Crippen molar-refractivity contribution in [3.05, 3.63) is 0 Å². The van der Waals surface area contributed by atoms with Crippen molar-refractivity contribution in [2.24, 2.45) is 33.9 Å². The Hall–Kier alpha value is -1.46. The van der Waals surface area contributed by atoms with E-state index >= 15 is 0 Å². The lowest BCUT2D eigenvalue weighted by atomic mass is 10.2. The van der Waals surface area contributed by atoms with Crippen molar-refractivity contribution in [3.8, 4) is 0 Å². The molecule has 6 heteroatoms. The van der Waals surface area contributed by atoms with Gasteiger partial charge in [-0.3, -0.25) is 4.79 Å². The van der Waals surface area contributed by atoms with Gasteiger partial charge >= 0.3 is 0 Å². The number of carbonyl (C=O) groups is 1. The van der Waals surface area contributed by atoms with Crippen LogP contribution in [0.2, 0.25) is 0 Å². The number of rotatable bonds is 0. The molecule has 0 aromatic rings. The van der Waals surface area contributed by atoms with E-state index in [1.807, 2.05) is 6.92 Å². The molecule has 4 N–H and O–H groups in total. The number of amidine groups is 1. The number of nitrogens with two attached hydrogens (primary N) is 1. The molecule has 1 aliphatic heterocycles. The molecule has 0 radical (unpaired) electrons. The van der Waals surface area contributed by atoms with Crippen molar-refractivity contribution in [1.29, 1.82) is 0 Å². The van der Waals surface area contributed by atoms with E-state index in [1.165, 1.54) is 0 Å². The maximum atomic E-state index is 11.1. The van der Waals surface area contributed by atoms with Gasteiger partial charge in [0.05, 0.1) is 11.8 Å². The van der Waals surface area contributed by atoms with E-state index in [2.05, 4.69) is 20.9 Å². The fraction of sp³-hybridized carbons (Fsp3) is 0.667. The van der Waals surface area contributed by atoms with E-state index in [4.69, 9.17) is 5.84 Å². The zero-order valence-electron chi connectivity index (χ0n) is 6.61. The number of hydrogen-bond acceptors (Lipinski definition) is 3. The van der Waals surface area contributed by atoms with Gasteiger partial charge in [-0.1, -0.05) is 6.92 Å². The van der Waals surface area contributed by atoms with Crippen molar-refractivity contribution >= 4 is 11.7 Å². The topological polar surface area (TPSA) is 93.8 Å². The lowest BCUT2D eigenvalue weighted by Crippen LogP contribution is -2.74. The normalized spacial score (nSPS) is 38.9. The molecule has 2 aliphatic rings. The Balaban J connectivity index is 2.23. The molecule has 12 heavy (non-hydrogen) atoms. The number of carbonyl (C=O) groups excluding carboxylic acids is 1. The van der Waals surface area contributed by atoms with Crippen molar-refractivity contribution in [2.45, 2.75) is 6.92 Å². The van der Waals surface area contributed by atoms with E-state index in [1.54, 1.807) is 0 Å². The highest BCUT2D eigenvalue weighted by atomic mass is 16.2. The number of hydrogen-bond donors (Lipinski definition) is 3. The van der Waals surface area contributed by atoms with Crippen LogP contribution in [-0.4, -0.2) is 11.7 Å². The Labute approximate surface area is 68.9 Å². The summed E-state index contributed by atoms with van der Waals surface area (Å²) in [6.07, 6.45) is 0. The Morgan fingerprint density at radius 2 is 2.42 bits per heavy atom. The number of amides is 1. The van der Waals surface area contributed by atoms with Crippen LogP contribution in [0.4, 0.5) is 0 Å². The molecule has 2 rings (SSSR count). The first-order valence-corrected chi connectivity index (χ1v) is 3.79. The maximum Gasteiger partial charge on any atom is 0.282 e. The lowest BCUT2D eigenvalue weighted by Gasteiger charge is -1.99. The standard InChI is InChI=1S/C6H9N5O/c1-2-3-4(2)6(12)10-8-5(3)9-11-7/h2-4H,1H3,(H,10,12)(H2,7,8,9)/p+1/t2?,3-,4?/m1/s1. The molecule has 0 aromatic heterocycles. The van der Waals surface area contributed by atoms with Crippen LogP contribution in [0.1, 0.15) is 6.92 Å². The quantitative estimate of drug-likeness (QED) is 0.216. The van der Waals surface area contributed by atoms with Crippen LogP contribution in [0.3, 0.4) is 0 Å². The third kappa shape index (κ3) is 0.806. The lowest BCUT2D eigenvalue weighted by molar-refractivity contribution is -0.412. The average Bonchev–Trinajstić information content (AvgIpc) is 2.71. The molecule has 1 aliphatic carbocycles. The van der Waals surface area contributed by atoms with Gasteiger partial charge in [0.25, 0.3) is 11.7 Å². The molecule has 2 unspecified atom stereocenters. The molecular weight excluding hydrogens is 158 g/mol. The molecule has 1 saturated carbocycles. The van der Waals surface area contributed by atoms with Gasteiger partial charge in [-0.2, -0.15) is 10.5 Å². The van der Waals surface area contributed by atoms with Crippen molar-refractivity contribution in [3.63, 3.8) is 0 Å². The largest absolute Gasteiger partial charge is 0.282 e. The molecule has 6 nitrogen and oxygen atoms in total. The highest BCUT2D eigenvalue weighted by Gasteiger charge is 2.59. The third-order valence-electron chi connectivity index (χ3n) is 2.46. The fourth-order valence-corrected chi connectivity index (χ4v) is 1.71. The summed E-state index contributed by atoms with van der Waals surface area (Å²) in [5.41, 5.74) is 2.41. The Morgan fingerprint density at radius 3 is 3.08 bits per heavy atom. The van der Waals surface area contributed by atoms with E-state index in [-0.39, 0.29) is 17.7 Å². The number of fused-ring (bicyclic) bond motifs is 1. The fourth-order valence-electron chi connectivity index (χ4n) is 1.71. The van der Waals surface area contributed by atoms with Crippen LogP contribution in [0.5, 0.6) is 0 Å². The highest BCUT2D eigenvalue weighted by Crippen LogP contribution is 2.47. The predicted molar refractivity (Wildman–Crippen MR) is 39.3 cm³/mol. The molecule has 64 valence electrons. The molecule has 1 fully saturated rings. The van der Waals surface area contributed by atoms with Crippen LogP contribution in [0, 0.1) is 17.8 Å². The zero-order valence-corrected chi connectivity index (χ0v) is 6.61. The second-order valence-corrected chi connectivity index (χ2v) is 3.12. The van der Waals surface area contributed by atoms with E-state index in [9.17, 15) is 4.79 Å². The van der Waals surface area contributed by atoms with Crippen molar-refractivity contribution < 1.29 is 9.91 Å². The summed E-state index contributed by atoms with van der Waals surface area (Å²) < 4.78 is 0. The summed E-state index contributed by atoms with van der Waals surface area (Å²) in [7, 11) is 0. The minimum absolute atomic E-state index is 0.00456. The summed E-state index contributed by atoms with van der Waals surface area (Å²) in [4.78, 5) is 11.1. The first-order chi connectivity index (χ1) is 5.75. The summed E-state index contributed by atoms with van der Waals surface area (Å²) in [5, 5.41) is 9.63. The predicted octanol–water partition coefficient (Wildman–Crippen LogP) is -2.28. The van der Waals surface area contributed by atoms with Crippen molar-refractivity contribution in [2.75, 3.05) is 0 Å². The van der Waals surface area contributed by atoms with Crippen LogP contribution >= 0.6 is 0 Å². The summed E-state index contributed by atoms with van der Waals surface area (Å²) in [6.45, 7) is 2.01. The number of nitrogens with one attached hydrogen (secondary N) is 2. The molecule has 0 aromatic carbocycles. The van der Waals surface area contributed by atoms with E-state index in [0.29, 0.717) is 11.8 Å². The van der Waals surface area contributed by atoms with Crippen LogP contribution in [-0.2, 0) is 4.79 Å².